The molecule has 0 heterocycles. The van der Waals surface area contributed by atoms with Crippen molar-refractivity contribution in [3.63, 3.8) is 0 Å². The number of hydrogen-bond acceptors (Lipinski definition) is 1. The van der Waals surface area contributed by atoms with Gasteiger partial charge < -0.3 is 14.7 Å². The lowest BCUT2D eigenvalue weighted by Crippen LogP contribution is -2.38. The molecule has 0 spiro atoms. The van der Waals surface area contributed by atoms with Crippen molar-refractivity contribution >= 4 is 6.16 Å². The lowest BCUT2D eigenvalue weighted by molar-refractivity contribution is -0.897. The third-order valence-electron chi connectivity index (χ3n) is 2.08. The molecule has 0 aliphatic carbocycles. The average Bonchev–Trinajstić information content (AvgIpc) is 2.17. The maximum absolute atomic E-state index is 8.56. The molecule has 4 nitrogen and oxygen atoms in total. The van der Waals surface area contributed by atoms with Crippen molar-refractivity contribution in [2.75, 3.05) is 20.6 Å². The highest BCUT2D eigenvalue weighted by molar-refractivity contribution is 5.53. The fourth-order valence-electron chi connectivity index (χ4n) is 1.49. The molecule has 0 aliphatic rings. The first-order chi connectivity index (χ1) is 7.87. The smallest absolute Gasteiger partial charge is 0.450 e. The van der Waals surface area contributed by atoms with Gasteiger partial charge in [-0.2, -0.15) is 0 Å². The Morgan fingerprint density at radius 2 is 1.76 bits per heavy atom. The SMILES string of the molecule is C=CC[N+](C)(C)Cc1ccccc1.O=C(O)O. The second-order valence-corrected chi connectivity index (χ2v) is 4.33. The second kappa shape index (κ2) is 7.46. The molecular formula is C13H20NO3+. The minimum absolute atomic E-state index is 0.966. The van der Waals surface area contributed by atoms with Crippen LogP contribution in [0.3, 0.4) is 0 Å². The van der Waals surface area contributed by atoms with Crippen LogP contribution in [0, 0.1) is 0 Å². The molecule has 0 fully saturated rings. The molecule has 94 valence electrons. The summed E-state index contributed by atoms with van der Waals surface area (Å²) < 4.78 is 0.966. The number of rotatable bonds is 4. The first kappa shape index (κ1) is 15.2. The summed E-state index contributed by atoms with van der Waals surface area (Å²) in [5.74, 6) is 0. The Balaban J connectivity index is 0.000000557. The van der Waals surface area contributed by atoms with E-state index in [1.165, 1.54) is 5.56 Å². The molecule has 0 saturated heterocycles. The first-order valence-corrected chi connectivity index (χ1v) is 5.26. The monoisotopic (exact) mass is 238 g/mol. The van der Waals surface area contributed by atoms with Gasteiger partial charge in [-0.25, -0.2) is 4.79 Å². The quantitative estimate of drug-likeness (QED) is 0.626. The van der Waals surface area contributed by atoms with Crippen molar-refractivity contribution in [2.24, 2.45) is 0 Å². The summed E-state index contributed by atoms with van der Waals surface area (Å²) in [5.41, 5.74) is 1.38. The average molecular weight is 238 g/mol. The fraction of sp³-hybridized carbons (Fsp3) is 0.308. The van der Waals surface area contributed by atoms with Crippen LogP contribution >= 0.6 is 0 Å². The molecular weight excluding hydrogens is 218 g/mol. The fourth-order valence-corrected chi connectivity index (χ4v) is 1.49. The number of carbonyl (C=O) groups is 1. The third kappa shape index (κ3) is 9.14. The standard InChI is InChI=1S/C12H18N.CH2O3/c1-4-10-13(2,3)11-12-8-6-5-7-9-12;2-1(3)4/h4-9H,1,10-11H2,2-3H3;(H2,2,3,4)/q+1;. The zero-order valence-electron chi connectivity index (χ0n) is 10.3. The van der Waals surface area contributed by atoms with E-state index in [0.29, 0.717) is 0 Å². The Morgan fingerprint density at radius 1 is 1.29 bits per heavy atom. The molecule has 0 unspecified atom stereocenters. The van der Waals surface area contributed by atoms with Crippen LogP contribution in [0.1, 0.15) is 5.56 Å². The van der Waals surface area contributed by atoms with Gasteiger partial charge in [0.05, 0.1) is 20.6 Å². The molecule has 4 heteroatoms. The maximum atomic E-state index is 8.56. The van der Waals surface area contributed by atoms with E-state index in [9.17, 15) is 0 Å². The summed E-state index contributed by atoms with van der Waals surface area (Å²) in [6, 6.07) is 10.6. The van der Waals surface area contributed by atoms with Gasteiger partial charge in [0, 0.05) is 5.56 Å². The molecule has 1 aromatic rings. The van der Waals surface area contributed by atoms with Gasteiger partial charge in [0.2, 0.25) is 0 Å². The number of benzene rings is 1. The van der Waals surface area contributed by atoms with Gasteiger partial charge in [-0.05, 0) is 6.08 Å². The van der Waals surface area contributed by atoms with Crippen molar-refractivity contribution < 1.29 is 19.5 Å². The highest BCUT2D eigenvalue weighted by atomic mass is 16.6. The zero-order valence-corrected chi connectivity index (χ0v) is 10.3. The van der Waals surface area contributed by atoms with Gasteiger partial charge >= 0.3 is 6.16 Å². The Labute approximate surface area is 102 Å². The van der Waals surface area contributed by atoms with Gasteiger partial charge in [-0.3, -0.25) is 0 Å². The summed E-state index contributed by atoms with van der Waals surface area (Å²) in [6.07, 6.45) is 0.142. The first-order valence-electron chi connectivity index (χ1n) is 5.26. The molecule has 0 aromatic heterocycles. The predicted octanol–water partition coefficient (Wildman–Crippen LogP) is 2.67. The number of likely N-dealkylation sites (N-methyl/N-ethyl adjacent to an activating group) is 1. The summed E-state index contributed by atoms with van der Waals surface area (Å²) in [7, 11) is 4.43. The Hall–Kier alpha value is -1.81. The van der Waals surface area contributed by atoms with E-state index < -0.39 is 6.16 Å². The molecule has 17 heavy (non-hydrogen) atoms. The maximum Gasteiger partial charge on any atom is 0.503 e. The van der Waals surface area contributed by atoms with Gasteiger partial charge in [-0.15, -0.1) is 0 Å². The lowest BCUT2D eigenvalue weighted by atomic mass is 10.2. The number of nitrogens with zero attached hydrogens (tertiary/aromatic N) is 1. The minimum atomic E-state index is -1.83. The molecule has 0 atom stereocenters. The van der Waals surface area contributed by atoms with Gasteiger partial charge in [-0.1, -0.05) is 36.9 Å². The van der Waals surface area contributed by atoms with Crippen molar-refractivity contribution in [1.82, 2.24) is 0 Å². The van der Waals surface area contributed by atoms with Crippen LogP contribution in [0.4, 0.5) is 4.79 Å². The van der Waals surface area contributed by atoms with Crippen LogP contribution < -0.4 is 0 Å². The molecule has 0 amide bonds. The molecule has 1 aromatic carbocycles. The molecule has 0 bridgehead atoms. The molecule has 1 rings (SSSR count). The summed E-state index contributed by atoms with van der Waals surface area (Å²) >= 11 is 0. The Kier molecular flexibility index (Phi) is 6.67. The van der Waals surface area contributed by atoms with Crippen molar-refractivity contribution in [3.8, 4) is 0 Å². The predicted molar refractivity (Wildman–Crippen MR) is 68.0 cm³/mol. The molecule has 2 N–H and O–H groups in total. The molecule has 0 radical (unpaired) electrons. The van der Waals surface area contributed by atoms with Crippen LogP contribution in [-0.2, 0) is 6.54 Å². The van der Waals surface area contributed by atoms with E-state index in [1.807, 2.05) is 6.08 Å². The summed E-state index contributed by atoms with van der Waals surface area (Å²) in [6.45, 7) is 5.84. The topological polar surface area (TPSA) is 57.5 Å². The number of hydrogen-bond donors (Lipinski definition) is 2. The summed E-state index contributed by atoms with van der Waals surface area (Å²) in [4.78, 5) is 8.56. The van der Waals surface area contributed by atoms with Crippen LogP contribution in [-0.4, -0.2) is 41.5 Å². The Bertz CT molecular complexity index is 343. The van der Waals surface area contributed by atoms with E-state index in [1.54, 1.807) is 0 Å². The van der Waals surface area contributed by atoms with E-state index in [0.717, 1.165) is 17.6 Å². The highest BCUT2D eigenvalue weighted by Gasteiger charge is 2.12. The van der Waals surface area contributed by atoms with Crippen LogP contribution in [0.5, 0.6) is 0 Å². The van der Waals surface area contributed by atoms with Crippen LogP contribution in [0.15, 0.2) is 43.0 Å². The lowest BCUT2D eigenvalue weighted by Gasteiger charge is -2.28. The van der Waals surface area contributed by atoms with Gasteiger partial charge in [0.15, 0.2) is 0 Å². The van der Waals surface area contributed by atoms with Crippen LogP contribution in [0.2, 0.25) is 0 Å². The van der Waals surface area contributed by atoms with Crippen molar-refractivity contribution in [2.45, 2.75) is 6.54 Å². The van der Waals surface area contributed by atoms with E-state index in [2.05, 4.69) is 51.0 Å². The second-order valence-electron chi connectivity index (χ2n) is 4.33. The minimum Gasteiger partial charge on any atom is -0.450 e. The van der Waals surface area contributed by atoms with E-state index in [-0.39, 0.29) is 0 Å². The van der Waals surface area contributed by atoms with Crippen molar-refractivity contribution in [1.29, 1.82) is 0 Å². The Morgan fingerprint density at radius 3 is 2.18 bits per heavy atom. The normalized spacial score (nSPS) is 10.0. The summed E-state index contributed by atoms with van der Waals surface area (Å²) in [5, 5.41) is 13.9. The third-order valence-corrected chi connectivity index (χ3v) is 2.08. The van der Waals surface area contributed by atoms with Crippen LogP contribution in [0.25, 0.3) is 0 Å². The molecule has 0 aliphatic heterocycles. The van der Waals surface area contributed by atoms with E-state index in [4.69, 9.17) is 15.0 Å². The van der Waals surface area contributed by atoms with E-state index >= 15 is 0 Å². The van der Waals surface area contributed by atoms with Gasteiger partial charge in [0.1, 0.15) is 6.54 Å². The molecule has 0 saturated carbocycles. The number of quaternary nitrogens is 1. The highest BCUT2D eigenvalue weighted by Crippen LogP contribution is 2.08. The number of carboxylic acid groups (broad SMARTS) is 2. The van der Waals surface area contributed by atoms with Crippen molar-refractivity contribution in [3.05, 3.63) is 48.6 Å². The zero-order chi connectivity index (χ0) is 13.3. The largest absolute Gasteiger partial charge is 0.503 e. The van der Waals surface area contributed by atoms with Gasteiger partial charge in [0.25, 0.3) is 0 Å².